The predicted octanol–water partition coefficient (Wildman–Crippen LogP) is 1.70. The molecule has 1 amide bonds. The summed E-state index contributed by atoms with van der Waals surface area (Å²) in [6.07, 6.45) is 2.00. The topological polar surface area (TPSA) is 68.0 Å². The summed E-state index contributed by atoms with van der Waals surface area (Å²) in [5.74, 6) is 5.55. The summed E-state index contributed by atoms with van der Waals surface area (Å²) in [6.45, 7) is 0.317. The molecule has 0 aromatic carbocycles. The van der Waals surface area contributed by atoms with E-state index in [1.54, 1.807) is 17.5 Å². The van der Waals surface area contributed by atoms with E-state index in [0.29, 0.717) is 18.1 Å². The molecule has 0 aliphatic rings. The standard InChI is InChI=1S/C12H11N3OS2/c13-4-1-2-10-7-14-12(18-10)15-11(16)6-9-3-5-17-8-9/h3,5,7-8H,4,6,13H2,(H,14,15,16). The smallest absolute Gasteiger partial charge is 0.230 e. The lowest BCUT2D eigenvalue weighted by molar-refractivity contribution is -0.115. The fraction of sp³-hybridized carbons (Fsp3) is 0.167. The van der Waals surface area contributed by atoms with Crippen LogP contribution >= 0.6 is 22.7 Å². The molecule has 0 spiro atoms. The first-order chi connectivity index (χ1) is 8.78. The Morgan fingerprint density at radius 1 is 1.56 bits per heavy atom. The van der Waals surface area contributed by atoms with E-state index in [-0.39, 0.29) is 5.91 Å². The van der Waals surface area contributed by atoms with Crippen LogP contribution in [0.2, 0.25) is 0 Å². The molecule has 92 valence electrons. The van der Waals surface area contributed by atoms with Gasteiger partial charge in [0.1, 0.15) is 0 Å². The summed E-state index contributed by atoms with van der Waals surface area (Å²) in [6, 6.07) is 1.93. The highest BCUT2D eigenvalue weighted by Crippen LogP contribution is 2.17. The van der Waals surface area contributed by atoms with Gasteiger partial charge in [-0.3, -0.25) is 4.79 Å². The first kappa shape index (κ1) is 12.8. The molecule has 0 saturated heterocycles. The molecule has 0 aliphatic heterocycles. The maximum absolute atomic E-state index is 11.7. The minimum absolute atomic E-state index is 0.0684. The number of nitrogens with two attached hydrogens (primary N) is 1. The number of nitrogens with one attached hydrogen (secondary N) is 1. The Labute approximate surface area is 113 Å². The monoisotopic (exact) mass is 277 g/mol. The van der Waals surface area contributed by atoms with Gasteiger partial charge in [-0.2, -0.15) is 11.3 Å². The van der Waals surface area contributed by atoms with Crippen molar-refractivity contribution in [3.63, 3.8) is 0 Å². The molecule has 2 rings (SSSR count). The number of anilines is 1. The summed E-state index contributed by atoms with van der Waals surface area (Å²) < 4.78 is 0. The third-order valence-electron chi connectivity index (χ3n) is 2.01. The molecule has 0 bridgehead atoms. The Bertz CT molecular complexity index is 578. The normalized spacial score (nSPS) is 9.61. The number of thiazole rings is 1. The van der Waals surface area contributed by atoms with Crippen LogP contribution in [0.5, 0.6) is 0 Å². The van der Waals surface area contributed by atoms with E-state index in [1.807, 2.05) is 16.8 Å². The number of aromatic nitrogens is 1. The van der Waals surface area contributed by atoms with Crippen molar-refractivity contribution in [2.24, 2.45) is 5.73 Å². The van der Waals surface area contributed by atoms with Gasteiger partial charge in [-0.15, -0.1) is 0 Å². The Balaban J connectivity index is 1.93. The van der Waals surface area contributed by atoms with E-state index in [0.717, 1.165) is 10.4 Å². The van der Waals surface area contributed by atoms with Crippen molar-refractivity contribution in [3.8, 4) is 11.8 Å². The summed E-state index contributed by atoms with van der Waals surface area (Å²) in [7, 11) is 0. The zero-order chi connectivity index (χ0) is 12.8. The minimum atomic E-state index is -0.0684. The van der Waals surface area contributed by atoms with Gasteiger partial charge in [-0.05, 0) is 22.4 Å². The van der Waals surface area contributed by atoms with Crippen molar-refractivity contribution in [2.45, 2.75) is 6.42 Å². The molecule has 6 heteroatoms. The lowest BCUT2D eigenvalue weighted by Crippen LogP contribution is -2.13. The Hall–Kier alpha value is -1.68. The van der Waals surface area contributed by atoms with E-state index in [9.17, 15) is 4.79 Å². The van der Waals surface area contributed by atoms with Crippen LogP contribution in [0.25, 0.3) is 0 Å². The van der Waals surface area contributed by atoms with Crippen LogP contribution in [0.15, 0.2) is 23.0 Å². The quantitative estimate of drug-likeness (QED) is 0.839. The fourth-order valence-corrected chi connectivity index (χ4v) is 2.65. The molecule has 0 unspecified atom stereocenters. The van der Waals surface area contributed by atoms with E-state index in [1.165, 1.54) is 11.3 Å². The van der Waals surface area contributed by atoms with Crippen LogP contribution in [-0.4, -0.2) is 17.4 Å². The van der Waals surface area contributed by atoms with Crippen LogP contribution in [-0.2, 0) is 11.2 Å². The van der Waals surface area contributed by atoms with Crippen molar-refractivity contribution in [2.75, 3.05) is 11.9 Å². The molecule has 3 N–H and O–H groups in total. The van der Waals surface area contributed by atoms with Gasteiger partial charge >= 0.3 is 0 Å². The molecule has 18 heavy (non-hydrogen) atoms. The maximum atomic E-state index is 11.7. The van der Waals surface area contributed by atoms with Gasteiger partial charge in [0.15, 0.2) is 5.13 Å². The molecule has 0 aliphatic carbocycles. The predicted molar refractivity (Wildman–Crippen MR) is 74.7 cm³/mol. The largest absolute Gasteiger partial charge is 0.320 e. The van der Waals surface area contributed by atoms with E-state index >= 15 is 0 Å². The van der Waals surface area contributed by atoms with E-state index < -0.39 is 0 Å². The van der Waals surface area contributed by atoms with E-state index in [4.69, 9.17) is 5.73 Å². The third kappa shape index (κ3) is 3.67. The lowest BCUT2D eigenvalue weighted by Gasteiger charge is -1.98. The molecule has 0 atom stereocenters. The fourth-order valence-electron chi connectivity index (χ4n) is 1.27. The zero-order valence-electron chi connectivity index (χ0n) is 9.47. The van der Waals surface area contributed by atoms with Gasteiger partial charge in [0.2, 0.25) is 5.91 Å². The summed E-state index contributed by atoms with van der Waals surface area (Å²) in [5.41, 5.74) is 6.29. The van der Waals surface area contributed by atoms with Crippen molar-refractivity contribution < 1.29 is 4.79 Å². The maximum Gasteiger partial charge on any atom is 0.230 e. The van der Waals surface area contributed by atoms with Crippen LogP contribution in [0, 0.1) is 11.8 Å². The number of hydrogen-bond acceptors (Lipinski definition) is 5. The Morgan fingerprint density at radius 3 is 3.17 bits per heavy atom. The highest BCUT2D eigenvalue weighted by atomic mass is 32.1. The molecular weight excluding hydrogens is 266 g/mol. The van der Waals surface area contributed by atoms with Gasteiger partial charge in [-0.1, -0.05) is 23.2 Å². The third-order valence-corrected chi connectivity index (χ3v) is 3.57. The number of hydrogen-bond donors (Lipinski definition) is 2. The van der Waals surface area contributed by atoms with Gasteiger partial charge in [0.25, 0.3) is 0 Å². The van der Waals surface area contributed by atoms with Crippen LogP contribution in [0.1, 0.15) is 10.4 Å². The molecule has 2 aromatic rings. The number of nitrogens with zero attached hydrogens (tertiary/aromatic N) is 1. The molecule has 0 radical (unpaired) electrons. The molecule has 0 fully saturated rings. The number of carbonyl (C=O) groups excluding carboxylic acids is 1. The van der Waals surface area contributed by atoms with E-state index in [2.05, 4.69) is 22.1 Å². The molecule has 2 aromatic heterocycles. The van der Waals surface area contributed by atoms with Crippen molar-refractivity contribution in [1.82, 2.24) is 4.98 Å². The van der Waals surface area contributed by atoms with Crippen molar-refractivity contribution in [1.29, 1.82) is 0 Å². The summed E-state index contributed by atoms with van der Waals surface area (Å²) in [4.78, 5) is 16.6. The van der Waals surface area contributed by atoms with Crippen LogP contribution in [0.3, 0.4) is 0 Å². The number of amides is 1. The Kier molecular flexibility index (Phi) is 4.47. The zero-order valence-corrected chi connectivity index (χ0v) is 11.1. The second-order valence-corrected chi connectivity index (χ2v) is 5.20. The first-order valence-electron chi connectivity index (χ1n) is 5.23. The second-order valence-electron chi connectivity index (χ2n) is 3.39. The summed E-state index contributed by atoms with van der Waals surface area (Å²) in [5, 5.41) is 7.23. The molecular formula is C12H11N3OS2. The minimum Gasteiger partial charge on any atom is -0.320 e. The van der Waals surface area contributed by atoms with Crippen molar-refractivity contribution in [3.05, 3.63) is 33.5 Å². The average Bonchev–Trinajstić information content (AvgIpc) is 2.98. The van der Waals surface area contributed by atoms with Gasteiger partial charge in [0, 0.05) is 0 Å². The molecule has 0 saturated carbocycles. The highest BCUT2D eigenvalue weighted by molar-refractivity contribution is 7.16. The lowest BCUT2D eigenvalue weighted by atomic mass is 10.2. The number of thiophene rings is 1. The van der Waals surface area contributed by atoms with Crippen LogP contribution in [0.4, 0.5) is 5.13 Å². The van der Waals surface area contributed by atoms with Crippen molar-refractivity contribution >= 4 is 33.7 Å². The van der Waals surface area contributed by atoms with Gasteiger partial charge in [-0.25, -0.2) is 4.98 Å². The number of carbonyl (C=O) groups is 1. The van der Waals surface area contributed by atoms with Gasteiger partial charge < -0.3 is 11.1 Å². The summed E-state index contributed by atoms with van der Waals surface area (Å²) >= 11 is 2.92. The SMILES string of the molecule is NCC#Cc1cnc(NC(=O)Cc2ccsc2)s1. The molecule has 2 heterocycles. The van der Waals surface area contributed by atoms with Crippen LogP contribution < -0.4 is 11.1 Å². The number of rotatable bonds is 3. The van der Waals surface area contributed by atoms with Gasteiger partial charge in [0.05, 0.1) is 24.0 Å². The highest BCUT2D eigenvalue weighted by Gasteiger charge is 2.07. The second kappa shape index (κ2) is 6.31. The average molecular weight is 277 g/mol. The first-order valence-corrected chi connectivity index (χ1v) is 6.99. The molecule has 4 nitrogen and oxygen atoms in total. The Morgan fingerprint density at radius 2 is 2.44 bits per heavy atom.